The van der Waals surface area contributed by atoms with Crippen molar-refractivity contribution in [3.05, 3.63) is 66.1 Å². The molecule has 6 heteroatoms. The van der Waals surface area contributed by atoms with Crippen LogP contribution >= 0.6 is 0 Å². The summed E-state index contributed by atoms with van der Waals surface area (Å²) < 4.78 is 52.4. The Balaban J connectivity index is 2.10. The first-order valence-electron chi connectivity index (χ1n) is 6.43. The van der Waals surface area contributed by atoms with Gasteiger partial charge in [-0.2, -0.15) is 13.2 Å². The van der Waals surface area contributed by atoms with E-state index in [1.54, 1.807) is 0 Å². The summed E-state index contributed by atoms with van der Waals surface area (Å²) in [4.78, 5) is 4.07. The van der Waals surface area contributed by atoms with E-state index in [1.807, 2.05) is 0 Å². The molecule has 1 N–H and O–H groups in total. The van der Waals surface area contributed by atoms with E-state index in [9.17, 15) is 17.6 Å². The number of anilines is 2. The molecule has 3 rings (SSSR count). The number of hydrogen-bond acceptors (Lipinski definition) is 2. The number of para-hydroxylation sites is 1. The summed E-state index contributed by atoms with van der Waals surface area (Å²) in [6.45, 7) is 0. The van der Waals surface area contributed by atoms with Gasteiger partial charge in [-0.15, -0.1) is 0 Å². The number of alkyl halides is 3. The van der Waals surface area contributed by atoms with Crippen LogP contribution in [0, 0.1) is 5.82 Å². The third-order valence-corrected chi connectivity index (χ3v) is 3.21. The molecule has 3 aromatic rings. The molecule has 0 aliphatic carbocycles. The highest BCUT2D eigenvalue weighted by Gasteiger charge is 2.33. The standard InChI is InChI=1S/C16H10F4N2/c17-10-5-6-13-11(9-10)14(7-8-21-13)22-15-4-2-1-3-12(15)16(18,19)20/h1-9H,(H,21,22). The number of benzene rings is 2. The van der Waals surface area contributed by atoms with E-state index in [2.05, 4.69) is 10.3 Å². The van der Waals surface area contributed by atoms with Gasteiger partial charge >= 0.3 is 6.18 Å². The quantitative estimate of drug-likeness (QED) is 0.663. The highest BCUT2D eigenvalue weighted by Crippen LogP contribution is 2.36. The molecule has 1 aromatic heterocycles. The molecule has 22 heavy (non-hydrogen) atoms. The lowest BCUT2D eigenvalue weighted by molar-refractivity contribution is -0.136. The summed E-state index contributed by atoms with van der Waals surface area (Å²) in [5, 5.41) is 3.14. The van der Waals surface area contributed by atoms with Crippen LogP contribution in [0.5, 0.6) is 0 Å². The zero-order chi connectivity index (χ0) is 15.7. The summed E-state index contributed by atoms with van der Waals surface area (Å²) in [7, 11) is 0. The van der Waals surface area contributed by atoms with Gasteiger partial charge in [-0.3, -0.25) is 4.98 Å². The number of aromatic nitrogens is 1. The van der Waals surface area contributed by atoms with Gasteiger partial charge in [0.2, 0.25) is 0 Å². The second-order valence-corrected chi connectivity index (χ2v) is 4.69. The van der Waals surface area contributed by atoms with Crippen LogP contribution in [-0.4, -0.2) is 4.98 Å². The maximum atomic E-state index is 13.4. The number of rotatable bonds is 2. The van der Waals surface area contributed by atoms with Crippen molar-refractivity contribution in [2.45, 2.75) is 6.18 Å². The van der Waals surface area contributed by atoms with Gasteiger partial charge in [0.05, 0.1) is 16.8 Å². The van der Waals surface area contributed by atoms with Gasteiger partial charge in [0, 0.05) is 17.3 Å². The Morgan fingerprint density at radius 1 is 0.909 bits per heavy atom. The minimum atomic E-state index is -4.47. The zero-order valence-electron chi connectivity index (χ0n) is 11.2. The molecule has 0 aliphatic rings. The molecule has 0 atom stereocenters. The van der Waals surface area contributed by atoms with Crippen LogP contribution in [0.3, 0.4) is 0 Å². The molecule has 112 valence electrons. The van der Waals surface area contributed by atoms with Crippen molar-refractivity contribution < 1.29 is 17.6 Å². The summed E-state index contributed by atoms with van der Waals surface area (Å²) >= 11 is 0. The van der Waals surface area contributed by atoms with Crippen LogP contribution in [-0.2, 0) is 6.18 Å². The molecule has 0 saturated carbocycles. The van der Waals surface area contributed by atoms with Crippen LogP contribution in [0.25, 0.3) is 10.9 Å². The third kappa shape index (κ3) is 2.72. The average Bonchev–Trinajstić information content (AvgIpc) is 2.47. The SMILES string of the molecule is Fc1ccc2nccc(Nc3ccccc3C(F)(F)F)c2c1. The molecule has 2 aromatic carbocycles. The minimum absolute atomic E-state index is 0.0910. The molecule has 0 amide bonds. The predicted molar refractivity (Wildman–Crippen MR) is 76.4 cm³/mol. The molecule has 0 unspecified atom stereocenters. The van der Waals surface area contributed by atoms with Crippen LogP contribution in [0.1, 0.15) is 5.56 Å². The van der Waals surface area contributed by atoms with Crippen molar-refractivity contribution in [1.29, 1.82) is 0 Å². The monoisotopic (exact) mass is 306 g/mol. The van der Waals surface area contributed by atoms with E-state index in [0.29, 0.717) is 16.6 Å². The summed E-state index contributed by atoms with van der Waals surface area (Å²) in [6.07, 6.45) is -3.02. The number of fused-ring (bicyclic) bond motifs is 1. The number of hydrogen-bond donors (Lipinski definition) is 1. The molecule has 0 spiro atoms. The number of pyridine rings is 1. The molecule has 0 aliphatic heterocycles. The zero-order valence-corrected chi connectivity index (χ0v) is 11.2. The Morgan fingerprint density at radius 2 is 1.68 bits per heavy atom. The van der Waals surface area contributed by atoms with Crippen LogP contribution in [0.15, 0.2) is 54.7 Å². The number of nitrogens with zero attached hydrogens (tertiary/aromatic N) is 1. The molecule has 0 saturated heterocycles. The van der Waals surface area contributed by atoms with Gasteiger partial charge in [0.25, 0.3) is 0 Å². The number of halogens is 4. The van der Waals surface area contributed by atoms with Crippen molar-refractivity contribution in [3.8, 4) is 0 Å². The van der Waals surface area contributed by atoms with E-state index in [1.165, 1.54) is 48.7 Å². The maximum absolute atomic E-state index is 13.4. The molecule has 0 fully saturated rings. The van der Waals surface area contributed by atoms with Crippen LogP contribution in [0.2, 0.25) is 0 Å². The fourth-order valence-corrected chi connectivity index (χ4v) is 2.21. The van der Waals surface area contributed by atoms with E-state index < -0.39 is 17.6 Å². The Bertz CT molecular complexity index is 828. The highest BCUT2D eigenvalue weighted by molar-refractivity contribution is 5.93. The van der Waals surface area contributed by atoms with Crippen molar-refractivity contribution in [2.75, 3.05) is 5.32 Å². The fourth-order valence-electron chi connectivity index (χ4n) is 2.21. The lowest BCUT2D eigenvalue weighted by atomic mass is 10.1. The van der Waals surface area contributed by atoms with Crippen molar-refractivity contribution in [3.63, 3.8) is 0 Å². The Hall–Kier alpha value is -2.63. The van der Waals surface area contributed by atoms with Gasteiger partial charge in [-0.05, 0) is 36.4 Å². The normalized spacial score (nSPS) is 11.6. The summed E-state index contributed by atoms with van der Waals surface area (Å²) in [6, 6.07) is 10.6. The lowest BCUT2D eigenvalue weighted by Gasteiger charge is -2.15. The number of nitrogens with one attached hydrogen (secondary N) is 1. The van der Waals surface area contributed by atoms with Gasteiger partial charge in [0.1, 0.15) is 5.82 Å². The van der Waals surface area contributed by atoms with Crippen molar-refractivity contribution in [2.24, 2.45) is 0 Å². The molecular weight excluding hydrogens is 296 g/mol. The highest BCUT2D eigenvalue weighted by atomic mass is 19.4. The largest absolute Gasteiger partial charge is 0.418 e. The molecule has 2 nitrogen and oxygen atoms in total. The topological polar surface area (TPSA) is 24.9 Å². The molecule has 0 radical (unpaired) electrons. The first-order chi connectivity index (χ1) is 10.4. The Morgan fingerprint density at radius 3 is 2.45 bits per heavy atom. The van der Waals surface area contributed by atoms with Crippen LogP contribution < -0.4 is 5.32 Å². The molecule has 1 heterocycles. The lowest BCUT2D eigenvalue weighted by Crippen LogP contribution is -2.08. The third-order valence-electron chi connectivity index (χ3n) is 3.21. The summed E-state index contributed by atoms with van der Waals surface area (Å²) in [5.41, 5.74) is -0.0137. The van der Waals surface area contributed by atoms with Crippen molar-refractivity contribution in [1.82, 2.24) is 4.98 Å². The Kier molecular flexibility index (Phi) is 3.44. The predicted octanol–water partition coefficient (Wildman–Crippen LogP) is 5.14. The fraction of sp³-hybridized carbons (Fsp3) is 0.0625. The minimum Gasteiger partial charge on any atom is -0.354 e. The van der Waals surface area contributed by atoms with E-state index in [-0.39, 0.29) is 5.69 Å². The first-order valence-corrected chi connectivity index (χ1v) is 6.43. The first kappa shape index (κ1) is 14.3. The summed E-state index contributed by atoms with van der Waals surface area (Å²) in [5.74, 6) is -0.479. The molecular formula is C16H10F4N2. The maximum Gasteiger partial charge on any atom is 0.418 e. The van der Waals surface area contributed by atoms with E-state index >= 15 is 0 Å². The molecule has 0 bridgehead atoms. The van der Waals surface area contributed by atoms with Crippen molar-refractivity contribution >= 4 is 22.3 Å². The second kappa shape index (κ2) is 5.29. The average molecular weight is 306 g/mol. The van der Waals surface area contributed by atoms with Gasteiger partial charge in [-0.25, -0.2) is 4.39 Å². The van der Waals surface area contributed by atoms with Gasteiger partial charge in [-0.1, -0.05) is 12.1 Å². The van der Waals surface area contributed by atoms with Gasteiger partial charge < -0.3 is 5.32 Å². The van der Waals surface area contributed by atoms with Gasteiger partial charge in [0.15, 0.2) is 0 Å². The second-order valence-electron chi connectivity index (χ2n) is 4.69. The van der Waals surface area contributed by atoms with Crippen LogP contribution in [0.4, 0.5) is 28.9 Å². The Labute approximate surface area is 123 Å². The smallest absolute Gasteiger partial charge is 0.354 e. The van der Waals surface area contributed by atoms with E-state index in [0.717, 1.165) is 6.07 Å². The van der Waals surface area contributed by atoms with E-state index in [4.69, 9.17) is 0 Å².